The average Bonchev–Trinajstić information content (AvgIpc) is 2.48. The number of rotatable bonds is 6. The highest BCUT2D eigenvalue weighted by Gasteiger charge is 1.99. The highest BCUT2D eigenvalue weighted by atomic mass is 16.5. The van der Waals surface area contributed by atoms with Crippen LogP contribution in [0.15, 0.2) is 42.5 Å². The fourth-order valence-electron chi connectivity index (χ4n) is 1.73. The Balaban J connectivity index is 1.76. The SMILES string of the molecule is COc1ccc(OCCOc2ccc(N)c(C)c2)cc1. The lowest BCUT2D eigenvalue weighted by molar-refractivity contribution is 0.217. The summed E-state index contributed by atoms with van der Waals surface area (Å²) in [7, 11) is 1.64. The second kappa shape index (κ2) is 6.70. The Labute approximate surface area is 119 Å². The third-order valence-electron chi connectivity index (χ3n) is 2.92. The molecule has 0 aliphatic rings. The van der Waals surface area contributed by atoms with Gasteiger partial charge in [-0.15, -0.1) is 0 Å². The Hall–Kier alpha value is -2.36. The fourth-order valence-corrected chi connectivity index (χ4v) is 1.73. The van der Waals surface area contributed by atoms with Crippen LogP contribution in [0.1, 0.15) is 5.56 Å². The molecule has 0 atom stereocenters. The van der Waals surface area contributed by atoms with Crippen molar-refractivity contribution in [2.24, 2.45) is 0 Å². The van der Waals surface area contributed by atoms with Crippen molar-refractivity contribution in [3.05, 3.63) is 48.0 Å². The number of benzene rings is 2. The van der Waals surface area contributed by atoms with Gasteiger partial charge in [-0.2, -0.15) is 0 Å². The average molecular weight is 273 g/mol. The molecule has 106 valence electrons. The first-order valence-electron chi connectivity index (χ1n) is 6.45. The molecule has 4 heteroatoms. The zero-order chi connectivity index (χ0) is 14.4. The summed E-state index contributed by atoms with van der Waals surface area (Å²) < 4.78 is 16.3. The first kappa shape index (κ1) is 14.1. The number of anilines is 1. The number of nitrogens with two attached hydrogens (primary N) is 1. The molecule has 0 aliphatic carbocycles. The van der Waals surface area contributed by atoms with Gasteiger partial charge in [0.2, 0.25) is 0 Å². The van der Waals surface area contributed by atoms with Gasteiger partial charge in [-0.25, -0.2) is 0 Å². The lowest BCUT2D eigenvalue weighted by Gasteiger charge is -2.10. The maximum Gasteiger partial charge on any atom is 0.122 e. The van der Waals surface area contributed by atoms with Crippen LogP contribution in [0.2, 0.25) is 0 Å². The molecule has 0 radical (unpaired) electrons. The molecule has 2 aromatic carbocycles. The van der Waals surface area contributed by atoms with Crippen LogP contribution in [0.3, 0.4) is 0 Å². The standard InChI is InChI=1S/C16H19NO3/c1-12-11-15(7-8-16(12)17)20-10-9-19-14-5-3-13(18-2)4-6-14/h3-8,11H,9-10,17H2,1-2H3. The zero-order valence-corrected chi connectivity index (χ0v) is 11.8. The highest BCUT2D eigenvalue weighted by molar-refractivity contribution is 5.49. The molecule has 0 aromatic heterocycles. The van der Waals surface area contributed by atoms with Gasteiger partial charge in [-0.05, 0) is 55.0 Å². The van der Waals surface area contributed by atoms with Crippen molar-refractivity contribution >= 4 is 5.69 Å². The summed E-state index contributed by atoms with van der Waals surface area (Å²) in [4.78, 5) is 0. The minimum atomic E-state index is 0.482. The van der Waals surface area contributed by atoms with Crippen LogP contribution >= 0.6 is 0 Å². The third-order valence-corrected chi connectivity index (χ3v) is 2.92. The van der Waals surface area contributed by atoms with Crippen LogP contribution < -0.4 is 19.9 Å². The number of hydrogen-bond donors (Lipinski definition) is 1. The summed E-state index contributed by atoms with van der Waals surface area (Å²) in [6.07, 6.45) is 0. The zero-order valence-electron chi connectivity index (χ0n) is 11.8. The van der Waals surface area contributed by atoms with Gasteiger partial charge < -0.3 is 19.9 Å². The summed E-state index contributed by atoms with van der Waals surface area (Å²) in [5.41, 5.74) is 7.54. The van der Waals surface area contributed by atoms with Crippen molar-refractivity contribution in [3.8, 4) is 17.2 Å². The van der Waals surface area contributed by atoms with Gasteiger partial charge in [-0.3, -0.25) is 0 Å². The Morgan fingerprint density at radius 1 is 0.850 bits per heavy atom. The number of aryl methyl sites for hydroxylation is 1. The lowest BCUT2D eigenvalue weighted by Crippen LogP contribution is -2.09. The van der Waals surface area contributed by atoms with Crippen LogP contribution in [0.4, 0.5) is 5.69 Å². The fraction of sp³-hybridized carbons (Fsp3) is 0.250. The molecule has 0 amide bonds. The first-order valence-corrected chi connectivity index (χ1v) is 6.45. The third kappa shape index (κ3) is 3.82. The summed E-state index contributed by atoms with van der Waals surface area (Å²) >= 11 is 0. The van der Waals surface area contributed by atoms with E-state index in [2.05, 4.69) is 0 Å². The van der Waals surface area contributed by atoms with E-state index in [1.54, 1.807) is 7.11 Å². The van der Waals surface area contributed by atoms with Crippen LogP contribution in [0.25, 0.3) is 0 Å². The van der Waals surface area contributed by atoms with Gasteiger partial charge in [0.25, 0.3) is 0 Å². The van der Waals surface area contributed by atoms with E-state index in [9.17, 15) is 0 Å². The van der Waals surface area contributed by atoms with Crippen LogP contribution in [0, 0.1) is 6.92 Å². The Morgan fingerprint density at radius 2 is 1.40 bits per heavy atom. The van der Waals surface area contributed by atoms with Gasteiger partial charge >= 0.3 is 0 Å². The lowest BCUT2D eigenvalue weighted by atomic mass is 10.2. The molecule has 0 saturated heterocycles. The molecule has 0 spiro atoms. The first-order chi connectivity index (χ1) is 9.69. The molecular weight excluding hydrogens is 254 g/mol. The molecular formula is C16H19NO3. The van der Waals surface area contributed by atoms with E-state index in [1.165, 1.54) is 0 Å². The molecule has 4 nitrogen and oxygen atoms in total. The van der Waals surface area contributed by atoms with Gasteiger partial charge in [0, 0.05) is 5.69 Å². The molecule has 0 saturated carbocycles. The van der Waals surface area contributed by atoms with Gasteiger partial charge in [-0.1, -0.05) is 0 Å². The Kier molecular flexibility index (Phi) is 4.71. The van der Waals surface area contributed by atoms with Crippen LogP contribution in [-0.4, -0.2) is 20.3 Å². The minimum absolute atomic E-state index is 0.482. The molecule has 2 rings (SSSR count). The van der Waals surface area contributed by atoms with Crippen molar-refractivity contribution in [1.82, 2.24) is 0 Å². The molecule has 0 fully saturated rings. The molecule has 2 N–H and O–H groups in total. The number of methoxy groups -OCH3 is 1. The predicted octanol–water partition coefficient (Wildman–Crippen LogP) is 3.04. The predicted molar refractivity (Wildman–Crippen MR) is 79.6 cm³/mol. The highest BCUT2D eigenvalue weighted by Crippen LogP contribution is 2.19. The van der Waals surface area contributed by atoms with Crippen molar-refractivity contribution in [1.29, 1.82) is 0 Å². The van der Waals surface area contributed by atoms with Crippen molar-refractivity contribution in [3.63, 3.8) is 0 Å². The number of ether oxygens (including phenoxy) is 3. The smallest absolute Gasteiger partial charge is 0.122 e. The Bertz CT molecular complexity index is 552. The van der Waals surface area contributed by atoms with Gasteiger partial charge in [0.1, 0.15) is 30.5 Å². The summed E-state index contributed by atoms with van der Waals surface area (Å²) in [6.45, 7) is 2.92. The Morgan fingerprint density at radius 3 is 2.00 bits per heavy atom. The molecule has 0 unspecified atom stereocenters. The summed E-state index contributed by atoms with van der Waals surface area (Å²) in [5, 5.41) is 0. The van der Waals surface area contributed by atoms with Crippen molar-refractivity contribution < 1.29 is 14.2 Å². The topological polar surface area (TPSA) is 53.7 Å². The summed E-state index contributed by atoms with van der Waals surface area (Å²) in [6, 6.07) is 13.1. The quantitative estimate of drug-likeness (QED) is 0.649. The maximum absolute atomic E-state index is 5.75. The van der Waals surface area contributed by atoms with E-state index in [1.807, 2.05) is 49.4 Å². The summed E-state index contributed by atoms with van der Waals surface area (Å²) in [5.74, 6) is 2.41. The van der Waals surface area contributed by atoms with E-state index in [0.717, 1.165) is 28.5 Å². The molecule has 0 bridgehead atoms. The monoisotopic (exact) mass is 273 g/mol. The van der Waals surface area contributed by atoms with Crippen molar-refractivity contribution in [2.75, 3.05) is 26.1 Å². The second-order valence-electron chi connectivity index (χ2n) is 4.39. The van der Waals surface area contributed by atoms with E-state index < -0.39 is 0 Å². The largest absolute Gasteiger partial charge is 0.497 e. The van der Waals surface area contributed by atoms with E-state index in [-0.39, 0.29) is 0 Å². The second-order valence-corrected chi connectivity index (χ2v) is 4.39. The van der Waals surface area contributed by atoms with Crippen molar-refractivity contribution in [2.45, 2.75) is 6.92 Å². The maximum atomic E-state index is 5.75. The van der Waals surface area contributed by atoms with Gasteiger partial charge in [0.15, 0.2) is 0 Å². The normalized spacial score (nSPS) is 10.1. The molecule has 0 aliphatic heterocycles. The molecule has 20 heavy (non-hydrogen) atoms. The molecule has 2 aromatic rings. The number of hydrogen-bond acceptors (Lipinski definition) is 4. The van der Waals surface area contributed by atoms with Crippen LogP contribution in [-0.2, 0) is 0 Å². The van der Waals surface area contributed by atoms with E-state index in [4.69, 9.17) is 19.9 Å². The minimum Gasteiger partial charge on any atom is -0.497 e. The number of nitrogen functional groups attached to an aromatic ring is 1. The van der Waals surface area contributed by atoms with Crippen LogP contribution in [0.5, 0.6) is 17.2 Å². The van der Waals surface area contributed by atoms with E-state index in [0.29, 0.717) is 13.2 Å². The van der Waals surface area contributed by atoms with Gasteiger partial charge in [0.05, 0.1) is 7.11 Å². The van der Waals surface area contributed by atoms with E-state index >= 15 is 0 Å². The molecule has 0 heterocycles.